The van der Waals surface area contributed by atoms with E-state index >= 15 is 0 Å². The number of nitrogens with zero attached hydrogens (tertiary/aromatic N) is 3. The number of benzene rings is 3. The highest BCUT2D eigenvalue weighted by Crippen LogP contribution is 2.53. The molecular weight excluding hydrogens is 551 g/mol. The van der Waals surface area contributed by atoms with E-state index in [1.165, 1.54) is 32.9 Å². The Balaban J connectivity index is 2.06. The smallest absolute Gasteiger partial charge is 0.384 e. The van der Waals surface area contributed by atoms with E-state index in [0.29, 0.717) is 0 Å². The molecule has 0 aromatic heterocycles. The second-order valence-corrected chi connectivity index (χ2v) is 10.6. The molecule has 13 nitrogen and oxygen atoms in total. The molecule has 0 aliphatic heterocycles. The lowest BCUT2D eigenvalue weighted by molar-refractivity contribution is 0.230. The van der Waals surface area contributed by atoms with Gasteiger partial charge in [0.1, 0.15) is 0 Å². The van der Waals surface area contributed by atoms with Crippen LogP contribution in [0.15, 0.2) is 72.8 Å². The van der Waals surface area contributed by atoms with E-state index in [-0.39, 0.29) is 34.3 Å². The second kappa shape index (κ2) is 13.4. The quantitative estimate of drug-likeness (QED) is 0.278. The van der Waals surface area contributed by atoms with Crippen LogP contribution in [-0.4, -0.2) is 75.1 Å². The summed E-state index contributed by atoms with van der Waals surface area (Å²) < 4.78 is 32.0. The van der Waals surface area contributed by atoms with Gasteiger partial charge in [-0.3, -0.25) is 0 Å². The topological polar surface area (TPSA) is 142 Å². The Morgan fingerprint density at radius 2 is 0.756 bits per heavy atom. The maximum atomic E-state index is 14.4. The number of rotatable bonds is 9. The minimum atomic E-state index is -4.66. The molecule has 0 saturated heterocycles. The summed E-state index contributed by atoms with van der Waals surface area (Å²) in [6.45, 7) is 0. The fourth-order valence-corrected chi connectivity index (χ4v) is 4.36. The molecule has 0 atom stereocenters. The average Bonchev–Trinajstić information content (AvgIpc) is 2.91. The molecule has 218 valence electrons. The Bertz CT molecular complexity index is 1280. The van der Waals surface area contributed by atoms with E-state index in [9.17, 15) is 18.9 Å². The van der Waals surface area contributed by atoms with E-state index < -0.39 is 25.9 Å². The SMILES string of the molecule is CN(C)C(=O)Nc1ccccc1OP(=O)(Oc1ccccc1NC(=O)N(C)C)Oc1ccccc1NC(=O)N(C)C. The van der Waals surface area contributed by atoms with Crippen LogP contribution in [0.25, 0.3) is 0 Å². The van der Waals surface area contributed by atoms with Crippen molar-refractivity contribution in [2.75, 3.05) is 58.2 Å². The highest BCUT2D eigenvalue weighted by atomic mass is 31.2. The van der Waals surface area contributed by atoms with Gasteiger partial charge in [0.25, 0.3) is 0 Å². The standard InChI is InChI=1S/C27H33N6O7P/c1-31(2)25(34)28-19-13-7-10-16-22(19)38-41(37,39-23-17-11-8-14-20(23)29-26(35)32(3)4)40-24-18-12-9-15-21(24)30-27(36)33(5)6/h7-18H,1-6H3,(H,28,34)(H,29,35)(H,30,36). The molecule has 0 bridgehead atoms. The van der Waals surface area contributed by atoms with Crippen LogP contribution in [0.3, 0.4) is 0 Å². The van der Waals surface area contributed by atoms with Crippen molar-refractivity contribution in [1.29, 1.82) is 0 Å². The number of para-hydroxylation sites is 6. The van der Waals surface area contributed by atoms with Crippen molar-refractivity contribution >= 4 is 43.0 Å². The highest BCUT2D eigenvalue weighted by Gasteiger charge is 2.36. The zero-order valence-electron chi connectivity index (χ0n) is 23.6. The molecule has 41 heavy (non-hydrogen) atoms. The number of carbonyl (C=O) groups excluding carboxylic acids is 3. The summed E-state index contributed by atoms with van der Waals surface area (Å²) in [5, 5.41) is 7.99. The molecule has 0 fully saturated rings. The number of nitrogens with one attached hydrogen (secondary N) is 3. The molecule has 0 saturated carbocycles. The van der Waals surface area contributed by atoms with Gasteiger partial charge in [-0.2, -0.15) is 4.57 Å². The van der Waals surface area contributed by atoms with E-state index in [1.807, 2.05) is 0 Å². The number of hydrogen-bond acceptors (Lipinski definition) is 7. The van der Waals surface area contributed by atoms with Crippen LogP contribution in [0, 0.1) is 0 Å². The molecule has 0 radical (unpaired) electrons. The number of carbonyl (C=O) groups is 3. The van der Waals surface area contributed by atoms with E-state index in [0.717, 1.165) is 0 Å². The number of hydrogen-bond donors (Lipinski definition) is 3. The monoisotopic (exact) mass is 584 g/mol. The first-order chi connectivity index (χ1) is 19.4. The predicted molar refractivity (Wildman–Crippen MR) is 157 cm³/mol. The fourth-order valence-electron chi connectivity index (χ4n) is 3.05. The van der Waals surface area contributed by atoms with Crippen LogP contribution in [0.4, 0.5) is 31.4 Å². The van der Waals surface area contributed by atoms with Gasteiger partial charge < -0.3 is 44.2 Å². The summed E-state index contributed by atoms with van der Waals surface area (Å²) in [6, 6.07) is 17.5. The predicted octanol–water partition coefficient (Wildman–Crippen LogP) is 5.61. The van der Waals surface area contributed by atoms with E-state index in [1.54, 1.807) is 96.9 Å². The number of phosphoric acid groups is 1. The van der Waals surface area contributed by atoms with Gasteiger partial charge in [0, 0.05) is 42.3 Å². The first kappa shape index (κ1) is 30.6. The van der Waals surface area contributed by atoms with Crippen molar-refractivity contribution in [2.24, 2.45) is 0 Å². The van der Waals surface area contributed by atoms with Crippen molar-refractivity contribution in [3.8, 4) is 17.2 Å². The first-order valence-corrected chi connectivity index (χ1v) is 13.8. The van der Waals surface area contributed by atoms with Crippen molar-refractivity contribution in [2.45, 2.75) is 0 Å². The van der Waals surface area contributed by atoms with Crippen molar-refractivity contribution < 1.29 is 32.5 Å². The van der Waals surface area contributed by atoms with Gasteiger partial charge in [-0.05, 0) is 36.4 Å². The van der Waals surface area contributed by atoms with Gasteiger partial charge in [0.15, 0.2) is 17.2 Å². The first-order valence-electron chi connectivity index (χ1n) is 12.3. The Hall–Kier alpha value is -4.90. The van der Waals surface area contributed by atoms with Crippen molar-refractivity contribution in [1.82, 2.24) is 14.7 Å². The third kappa shape index (κ3) is 8.54. The lowest BCUT2D eigenvalue weighted by Gasteiger charge is -2.24. The Morgan fingerprint density at radius 1 is 0.512 bits per heavy atom. The van der Waals surface area contributed by atoms with Gasteiger partial charge in [-0.25, -0.2) is 14.4 Å². The number of phosphoric ester groups is 1. The Labute approximate surface area is 238 Å². The van der Waals surface area contributed by atoms with Crippen LogP contribution in [0.5, 0.6) is 17.2 Å². The fraction of sp³-hybridized carbons (Fsp3) is 0.222. The number of amides is 6. The zero-order chi connectivity index (χ0) is 30.2. The van der Waals surface area contributed by atoms with Crippen molar-refractivity contribution in [3.63, 3.8) is 0 Å². The normalized spacial score (nSPS) is 10.6. The summed E-state index contributed by atoms with van der Waals surface area (Å²) >= 11 is 0. The van der Waals surface area contributed by atoms with Gasteiger partial charge in [0.05, 0.1) is 17.1 Å². The molecule has 3 N–H and O–H groups in total. The third-order valence-corrected chi connectivity index (χ3v) is 6.50. The molecule has 3 aromatic rings. The molecule has 3 rings (SSSR count). The van der Waals surface area contributed by atoms with E-state index in [4.69, 9.17) is 13.6 Å². The number of urea groups is 3. The molecule has 0 aliphatic rings. The maximum Gasteiger partial charge on any atom is 0.647 e. The molecule has 0 heterocycles. The molecule has 0 aliphatic carbocycles. The van der Waals surface area contributed by atoms with Gasteiger partial charge in [-0.1, -0.05) is 36.4 Å². The zero-order valence-corrected chi connectivity index (χ0v) is 24.5. The minimum Gasteiger partial charge on any atom is -0.384 e. The summed E-state index contributed by atoms with van der Waals surface area (Å²) in [6.07, 6.45) is 0. The summed E-state index contributed by atoms with van der Waals surface area (Å²) in [5.74, 6) is -0.0538. The van der Waals surface area contributed by atoms with Gasteiger partial charge in [-0.15, -0.1) is 0 Å². The van der Waals surface area contributed by atoms with Crippen LogP contribution in [0.1, 0.15) is 0 Å². The van der Waals surface area contributed by atoms with Crippen LogP contribution in [-0.2, 0) is 4.57 Å². The molecule has 14 heteroatoms. The second-order valence-electron chi connectivity index (χ2n) is 9.18. The van der Waals surface area contributed by atoms with Crippen LogP contribution in [0.2, 0.25) is 0 Å². The minimum absolute atomic E-state index is 0.0179. The third-order valence-electron chi connectivity index (χ3n) is 5.23. The van der Waals surface area contributed by atoms with Gasteiger partial charge in [0.2, 0.25) is 0 Å². The average molecular weight is 585 g/mol. The van der Waals surface area contributed by atoms with E-state index in [2.05, 4.69) is 16.0 Å². The molecule has 6 amide bonds. The number of anilines is 3. The van der Waals surface area contributed by atoms with Crippen LogP contribution >= 0.6 is 7.82 Å². The molecule has 0 unspecified atom stereocenters. The molecular formula is C27H33N6O7P. The largest absolute Gasteiger partial charge is 0.647 e. The molecule has 3 aromatic carbocycles. The van der Waals surface area contributed by atoms with Crippen LogP contribution < -0.4 is 29.5 Å². The van der Waals surface area contributed by atoms with Gasteiger partial charge >= 0.3 is 25.9 Å². The highest BCUT2D eigenvalue weighted by molar-refractivity contribution is 7.49. The summed E-state index contributed by atoms with van der Waals surface area (Å²) in [7, 11) is 4.72. The summed E-state index contributed by atoms with van der Waals surface area (Å²) in [4.78, 5) is 41.0. The lowest BCUT2D eigenvalue weighted by atomic mass is 10.3. The summed E-state index contributed by atoms with van der Waals surface area (Å²) in [5.41, 5.74) is 0.589. The maximum absolute atomic E-state index is 14.4. The molecule has 0 spiro atoms. The Morgan fingerprint density at radius 3 is 1.00 bits per heavy atom. The van der Waals surface area contributed by atoms with Crippen molar-refractivity contribution in [3.05, 3.63) is 72.8 Å². The Kier molecular flexibility index (Phi) is 10.0. The lowest BCUT2D eigenvalue weighted by Crippen LogP contribution is -2.28.